The summed E-state index contributed by atoms with van der Waals surface area (Å²) >= 11 is 11.3. The average Bonchev–Trinajstić information content (AvgIpc) is 3.09. The summed E-state index contributed by atoms with van der Waals surface area (Å²) in [5, 5.41) is 0.741. The highest BCUT2D eigenvalue weighted by atomic mass is 79.9. The van der Waals surface area contributed by atoms with Crippen LogP contribution in [0.3, 0.4) is 0 Å². The van der Waals surface area contributed by atoms with Crippen molar-refractivity contribution in [1.82, 2.24) is 0 Å². The maximum atomic E-state index is 6.23. The van der Waals surface area contributed by atoms with Gasteiger partial charge in [0.05, 0.1) is 5.02 Å². The van der Waals surface area contributed by atoms with Crippen LogP contribution in [0.25, 0.3) is 10.4 Å². The topological polar surface area (TPSA) is 26.0 Å². The standard InChI is InChI=1S/C14H13BrClNS/c15-10-7-9(3-4-11(10)16)12-5-6-13(18-12)14(17)8-1-2-8/h3-8,14H,1-2,17H2. The SMILES string of the molecule is NC(c1ccc(-c2ccc(Cl)c(Br)c2)s1)C1CC1. The quantitative estimate of drug-likeness (QED) is 0.811. The van der Waals surface area contributed by atoms with E-state index in [9.17, 15) is 0 Å². The smallest absolute Gasteiger partial charge is 0.0548 e. The van der Waals surface area contributed by atoms with Crippen molar-refractivity contribution in [3.05, 3.63) is 44.7 Å². The molecular weight excluding hydrogens is 330 g/mol. The molecule has 3 rings (SSSR count). The highest BCUT2D eigenvalue weighted by Crippen LogP contribution is 2.43. The van der Waals surface area contributed by atoms with Crippen molar-refractivity contribution >= 4 is 38.9 Å². The van der Waals surface area contributed by atoms with E-state index in [4.69, 9.17) is 17.3 Å². The fraction of sp³-hybridized carbons (Fsp3) is 0.286. The third-order valence-corrected chi connectivity index (χ3v) is 5.74. The Balaban J connectivity index is 1.89. The number of halogens is 2. The van der Waals surface area contributed by atoms with Crippen molar-refractivity contribution in [2.45, 2.75) is 18.9 Å². The molecule has 94 valence electrons. The molecule has 0 radical (unpaired) electrons. The van der Waals surface area contributed by atoms with Crippen LogP contribution in [-0.4, -0.2) is 0 Å². The minimum Gasteiger partial charge on any atom is -0.323 e. The molecule has 0 amide bonds. The van der Waals surface area contributed by atoms with Gasteiger partial charge in [0.15, 0.2) is 0 Å². The molecule has 0 bridgehead atoms. The van der Waals surface area contributed by atoms with Crippen LogP contribution in [-0.2, 0) is 0 Å². The van der Waals surface area contributed by atoms with Gasteiger partial charge in [-0.2, -0.15) is 0 Å². The van der Waals surface area contributed by atoms with Gasteiger partial charge in [-0.3, -0.25) is 0 Å². The second-order valence-corrected chi connectivity index (χ2v) is 7.07. The first-order valence-electron chi connectivity index (χ1n) is 5.96. The van der Waals surface area contributed by atoms with Gasteiger partial charge in [-0.05, 0) is 64.5 Å². The molecular formula is C14H13BrClNS. The Kier molecular flexibility index (Phi) is 3.50. The predicted molar refractivity (Wildman–Crippen MR) is 82.1 cm³/mol. The zero-order valence-electron chi connectivity index (χ0n) is 9.70. The Morgan fingerprint density at radius 3 is 2.72 bits per heavy atom. The number of benzene rings is 1. The molecule has 1 aromatic heterocycles. The highest BCUT2D eigenvalue weighted by Gasteiger charge is 2.30. The summed E-state index contributed by atoms with van der Waals surface area (Å²) in [5.41, 5.74) is 7.41. The molecule has 0 aliphatic heterocycles. The van der Waals surface area contributed by atoms with Crippen LogP contribution in [0.1, 0.15) is 23.8 Å². The molecule has 1 saturated carbocycles. The molecule has 18 heavy (non-hydrogen) atoms. The third kappa shape index (κ3) is 2.50. The molecule has 2 aromatic rings. The number of hydrogen-bond acceptors (Lipinski definition) is 2. The molecule has 0 spiro atoms. The van der Waals surface area contributed by atoms with Gasteiger partial charge in [0, 0.05) is 20.3 Å². The van der Waals surface area contributed by atoms with Crippen LogP contribution in [0.15, 0.2) is 34.8 Å². The van der Waals surface area contributed by atoms with Gasteiger partial charge < -0.3 is 5.73 Å². The summed E-state index contributed by atoms with van der Waals surface area (Å²) in [7, 11) is 0. The molecule has 1 atom stereocenters. The van der Waals surface area contributed by atoms with E-state index in [0.717, 1.165) is 9.50 Å². The first-order valence-corrected chi connectivity index (χ1v) is 7.94. The molecule has 4 heteroatoms. The van der Waals surface area contributed by atoms with E-state index in [2.05, 4.69) is 34.1 Å². The van der Waals surface area contributed by atoms with Crippen molar-refractivity contribution < 1.29 is 0 Å². The molecule has 1 aliphatic rings. The fourth-order valence-corrected chi connectivity index (χ4v) is 3.62. The number of hydrogen-bond donors (Lipinski definition) is 1. The molecule has 1 fully saturated rings. The lowest BCUT2D eigenvalue weighted by Gasteiger charge is -2.06. The predicted octanol–water partition coefficient (Wildman–Crippen LogP) is 5.24. The van der Waals surface area contributed by atoms with Crippen molar-refractivity contribution in [1.29, 1.82) is 0 Å². The number of thiophene rings is 1. The normalized spacial score (nSPS) is 16.8. The summed E-state index contributed by atoms with van der Waals surface area (Å²) in [4.78, 5) is 2.54. The Hall–Kier alpha value is -0.350. The first kappa shape index (κ1) is 12.7. The van der Waals surface area contributed by atoms with Gasteiger partial charge in [0.2, 0.25) is 0 Å². The van der Waals surface area contributed by atoms with E-state index < -0.39 is 0 Å². The zero-order valence-corrected chi connectivity index (χ0v) is 12.9. The van der Waals surface area contributed by atoms with Crippen LogP contribution in [0.2, 0.25) is 5.02 Å². The largest absolute Gasteiger partial charge is 0.323 e. The van der Waals surface area contributed by atoms with E-state index in [0.29, 0.717) is 5.92 Å². The Morgan fingerprint density at radius 2 is 2.06 bits per heavy atom. The maximum Gasteiger partial charge on any atom is 0.0548 e. The minimum atomic E-state index is 0.222. The van der Waals surface area contributed by atoms with Crippen LogP contribution in [0.5, 0.6) is 0 Å². The zero-order chi connectivity index (χ0) is 12.7. The van der Waals surface area contributed by atoms with E-state index >= 15 is 0 Å². The first-order chi connectivity index (χ1) is 8.65. The van der Waals surface area contributed by atoms with E-state index in [1.165, 1.54) is 28.2 Å². The van der Waals surface area contributed by atoms with Gasteiger partial charge in [0.1, 0.15) is 0 Å². The molecule has 1 unspecified atom stereocenters. The van der Waals surface area contributed by atoms with E-state index in [-0.39, 0.29) is 6.04 Å². The summed E-state index contributed by atoms with van der Waals surface area (Å²) in [6.07, 6.45) is 2.56. The van der Waals surface area contributed by atoms with Gasteiger partial charge in [-0.25, -0.2) is 0 Å². The van der Waals surface area contributed by atoms with E-state index in [1.54, 1.807) is 11.3 Å². The molecule has 2 N–H and O–H groups in total. The molecule has 1 heterocycles. The van der Waals surface area contributed by atoms with Crippen LogP contribution < -0.4 is 5.73 Å². The summed E-state index contributed by atoms with van der Waals surface area (Å²) < 4.78 is 0.933. The Morgan fingerprint density at radius 1 is 1.28 bits per heavy atom. The monoisotopic (exact) mass is 341 g/mol. The van der Waals surface area contributed by atoms with Crippen LogP contribution >= 0.6 is 38.9 Å². The lowest BCUT2D eigenvalue weighted by atomic mass is 10.1. The lowest BCUT2D eigenvalue weighted by molar-refractivity contribution is 0.645. The fourth-order valence-electron chi connectivity index (χ4n) is 2.02. The molecule has 1 aliphatic carbocycles. The average molecular weight is 343 g/mol. The summed E-state index contributed by atoms with van der Waals surface area (Å²) in [6.45, 7) is 0. The van der Waals surface area contributed by atoms with Gasteiger partial charge >= 0.3 is 0 Å². The van der Waals surface area contributed by atoms with Crippen molar-refractivity contribution in [3.8, 4) is 10.4 Å². The second kappa shape index (κ2) is 4.97. The van der Waals surface area contributed by atoms with Crippen molar-refractivity contribution in [2.24, 2.45) is 11.7 Å². The minimum absolute atomic E-state index is 0.222. The van der Waals surface area contributed by atoms with Gasteiger partial charge in [-0.1, -0.05) is 17.7 Å². The summed E-state index contributed by atoms with van der Waals surface area (Å²) in [6, 6.07) is 10.6. The lowest BCUT2D eigenvalue weighted by Crippen LogP contribution is -2.10. The van der Waals surface area contributed by atoms with E-state index in [1.807, 2.05) is 12.1 Å². The highest BCUT2D eigenvalue weighted by molar-refractivity contribution is 9.10. The van der Waals surface area contributed by atoms with Gasteiger partial charge in [-0.15, -0.1) is 11.3 Å². The van der Waals surface area contributed by atoms with Crippen LogP contribution in [0, 0.1) is 5.92 Å². The van der Waals surface area contributed by atoms with Crippen molar-refractivity contribution in [3.63, 3.8) is 0 Å². The Bertz CT molecular complexity index is 577. The molecule has 1 nitrogen and oxygen atoms in total. The second-order valence-electron chi connectivity index (χ2n) is 4.69. The molecule has 1 aromatic carbocycles. The van der Waals surface area contributed by atoms with Gasteiger partial charge in [0.25, 0.3) is 0 Å². The molecule has 0 saturated heterocycles. The summed E-state index contributed by atoms with van der Waals surface area (Å²) in [5.74, 6) is 0.702. The van der Waals surface area contributed by atoms with Crippen LogP contribution in [0.4, 0.5) is 0 Å². The number of rotatable bonds is 3. The van der Waals surface area contributed by atoms with Crippen molar-refractivity contribution in [2.75, 3.05) is 0 Å². The Labute approximate surface area is 124 Å². The third-order valence-electron chi connectivity index (χ3n) is 3.29. The maximum absolute atomic E-state index is 6.23. The number of nitrogens with two attached hydrogens (primary N) is 1.